The number of pyridine rings is 1. The minimum atomic E-state index is -3.44. The number of hydrogen-bond acceptors (Lipinski definition) is 4. The van der Waals surface area contributed by atoms with Gasteiger partial charge in [0.25, 0.3) is 16.1 Å². The summed E-state index contributed by atoms with van der Waals surface area (Å²) in [6.07, 6.45) is 1.80. The molecule has 0 atom stereocenters. The van der Waals surface area contributed by atoms with Gasteiger partial charge in [-0.1, -0.05) is 6.07 Å². The molecule has 23 heavy (non-hydrogen) atoms. The molecule has 0 radical (unpaired) electrons. The molecule has 1 aliphatic heterocycles. The first-order valence-corrected chi connectivity index (χ1v) is 8.80. The lowest BCUT2D eigenvalue weighted by molar-refractivity contribution is 0.0698. The lowest BCUT2D eigenvalue weighted by Gasteiger charge is -2.33. The van der Waals surface area contributed by atoms with Crippen molar-refractivity contribution in [3.05, 3.63) is 35.7 Å². The third-order valence-corrected chi connectivity index (χ3v) is 5.61. The van der Waals surface area contributed by atoms with Crippen molar-refractivity contribution in [1.29, 1.82) is 0 Å². The van der Waals surface area contributed by atoms with Crippen LogP contribution in [0, 0.1) is 6.92 Å². The van der Waals surface area contributed by atoms with E-state index in [-0.39, 0.29) is 19.0 Å². The van der Waals surface area contributed by atoms with Crippen molar-refractivity contribution >= 4 is 21.6 Å². The average molecular weight is 337 g/mol. The fraction of sp³-hybridized carbons (Fsp3) is 0.429. The van der Waals surface area contributed by atoms with E-state index in [1.165, 1.54) is 11.4 Å². The Labute approximate surface area is 134 Å². The molecule has 2 aromatic rings. The maximum atomic E-state index is 12.8. The Kier molecular flexibility index (Phi) is 4.09. The predicted octanol–water partition coefficient (Wildman–Crippen LogP) is -0.135. The molecular weight excluding hydrogens is 318 g/mol. The van der Waals surface area contributed by atoms with Gasteiger partial charge in [0.05, 0.1) is 16.8 Å². The molecule has 1 N–H and O–H groups in total. The number of fused-ring (bicyclic) bond motifs is 1. The highest BCUT2D eigenvalue weighted by Crippen LogP contribution is 2.18. The fourth-order valence-electron chi connectivity index (χ4n) is 2.80. The zero-order chi connectivity index (χ0) is 16.6. The number of piperazine rings is 1. The van der Waals surface area contributed by atoms with Crippen molar-refractivity contribution in [2.75, 3.05) is 33.2 Å². The number of nitrogens with zero attached hydrogens (tertiary/aromatic N) is 4. The van der Waals surface area contributed by atoms with E-state index in [4.69, 9.17) is 0 Å². The van der Waals surface area contributed by atoms with Crippen LogP contribution in [-0.4, -0.2) is 66.4 Å². The number of nitrogens with one attached hydrogen (secondary N) is 1. The molecule has 3 rings (SSSR count). The molecule has 0 saturated carbocycles. The maximum absolute atomic E-state index is 12.8. The van der Waals surface area contributed by atoms with Gasteiger partial charge in [0.1, 0.15) is 0 Å². The number of hydrogen-bond donors (Lipinski definition) is 1. The third-order valence-electron chi connectivity index (χ3n) is 4.05. The van der Waals surface area contributed by atoms with Crippen LogP contribution in [0.3, 0.4) is 0 Å². The Morgan fingerprint density at radius 1 is 1.22 bits per heavy atom. The van der Waals surface area contributed by atoms with Crippen LogP contribution in [0.5, 0.6) is 0 Å². The molecule has 1 aliphatic rings. The number of carbonyl (C=O) groups excluding carboxylic acids is 1. The number of rotatable bonds is 3. The molecular formula is C14H19N5O3S. The second-order valence-electron chi connectivity index (χ2n) is 5.39. The first-order valence-electron chi connectivity index (χ1n) is 7.36. The zero-order valence-corrected chi connectivity index (χ0v) is 13.9. The molecule has 3 heterocycles. The number of aryl methyl sites for hydroxylation is 1. The van der Waals surface area contributed by atoms with Gasteiger partial charge in [-0.25, -0.2) is 9.24 Å². The summed E-state index contributed by atoms with van der Waals surface area (Å²) in [7, 11) is -2.05. The molecule has 8 nitrogen and oxygen atoms in total. The molecule has 0 aliphatic carbocycles. The van der Waals surface area contributed by atoms with Gasteiger partial charge >= 0.3 is 0 Å². The first-order chi connectivity index (χ1) is 10.9. The summed E-state index contributed by atoms with van der Waals surface area (Å²) in [5, 5.41) is 4.35. The minimum absolute atomic E-state index is 0.106. The Balaban J connectivity index is 1.81. The van der Waals surface area contributed by atoms with Crippen LogP contribution in [0.25, 0.3) is 5.52 Å². The summed E-state index contributed by atoms with van der Waals surface area (Å²) in [5.74, 6) is -0.106. The molecule has 1 amide bonds. The summed E-state index contributed by atoms with van der Waals surface area (Å²) in [6.45, 7) is 3.11. The Morgan fingerprint density at radius 3 is 2.57 bits per heavy atom. The van der Waals surface area contributed by atoms with Gasteiger partial charge in [0, 0.05) is 39.4 Å². The second kappa shape index (κ2) is 5.91. The van der Waals surface area contributed by atoms with E-state index in [9.17, 15) is 13.2 Å². The van der Waals surface area contributed by atoms with Crippen molar-refractivity contribution in [2.45, 2.75) is 6.92 Å². The van der Waals surface area contributed by atoms with Gasteiger partial charge in [-0.05, 0) is 19.1 Å². The molecule has 0 bridgehead atoms. The second-order valence-corrected chi connectivity index (χ2v) is 7.27. The molecule has 2 aromatic heterocycles. The highest BCUT2D eigenvalue weighted by molar-refractivity contribution is 7.87. The molecule has 1 saturated heterocycles. The Bertz CT molecular complexity index is 837. The Morgan fingerprint density at radius 2 is 1.91 bits per heavy atom. The van der Waals surface area contributed by atoms with Crippen molar-refractivity contribution in [3.63, 3.8) is 0 Å². The van der Waals surface area contributed by atoms with Crippen LogP contribution < -0.4 is 4.72 Å². The number of aromatic nitrogens is 2. The lowest BCUT2D eigenvalue weighted by atomic mass is 10.1. The predicted molar refractivity (Wildman–Crippen MR) is 85.4 cm³/mol. The first kappa shape index (κ1) is 15.9. The van der Waals surface area contributed by atoms with Crippen LogP contribution in [-0.2, 0) is 10.2 Å². The zero-order valence-electron chi connectivity index (χ0n) is 13.1. The lowest BCUT2D eigenvalue weighted by Crippen LogP contribution is -2.52. The minimum Gasteiger partial charge on any atom is -0.336 e. The van der Waals surface area contributed by atoms with Gasteiger partial charge in [-0.15, -0.1) is 0 Å². The number of amides is 1. The van der Waals surface area contributed by atoms with Gasteiger partial charge in [-0.2, -0.15) is 17.8 Å². The van der Waals surface area contributed by atoms with E-state index < -0.39 is 10.2 Å². The van der Waals surface area contributed by atoms with Gasteiger partial charge in [-0.3, -0.25) is 4.79 Å². The highest BCUT2D eigenvalue weighted by atomic mass is 32.2. The summed E-state index contributed by atoms with van der Waals surface area (Å²) in [6, 6.07) is 5.58. The summed E-state index contributed by atoms with van der Waals surface area (Å²) >= 11 is 0. The van der Waals surface area contributed by atoms with E-state index in [0.717, 1.165) is 5.52 Å². The quantitative estimate of drug-likeness (QED) is 0.845. The smallest absolute Gasteiger partial charge is 0.279 e. The van der Waals surface area contributed by atoms with Crippen LogP contribution in [0.1, 0.15) is 16.1 Å². The molecule has 0 unspecified atom stereocenters. The van der Waals surface area contributed by atoms with Crippen LogP contribution in [0.4, 0.5) is 0 Å². The van der Waals surface area contributed by atoms with E-state index in [1.54, 1.807) is 15.6 Å². The molecule has 0 aromatic carbocycles. The van der Waals surface area contributed by atoms with Gasteiger partial charge in [0.2, 0.25) is 0 Å². The summed E-state index contributed by atoms with van der Waals surface area (Å²) in [5.41, 5.74) is 2.02. The van der Waals surface area contributed by atoms with Crippen LogP contribution in [0.15, 0.2) is 24.4 Å². The standard InChI is InChI=1S/C14H19N5O3S/c1-11-13(12-5-3-4-6-19(12)16-11)14(20)17-7-9-18(10-8-17)23(21,22)15-2/h3-6,15H,7-10H2,1-2H3. The van der Waals surface area contributed by atoms with Crippen molar-refractivity contribution in [2.24, 2.45) is 0 Å². The van der Waals surface area contributed by atoms with Gasteiger partial charge < -0.3 is 4.90 Å². The topological polar surface area (TPSA) is 87.0 Å². The van der Waals surface area contributed by atoms with Crippen LogP contribution in [0.2, 0.25) is 0 Å². The van der Waals surface area contributed by atoms with E-state index >= 15 is 0 Å². The Hall–Kier alpha value is -1.97. The van der Waals surface area contributed by atoms with Crippen LogP contribution >= 0.6 is 0 Å². The molecule has 1 fully saturated rings. The van der Waals surface area contributed by atoms with E-state index in [0.29, 0.717) is 24.3 Å². The van der Waals surface area contributed by atoms with E-state index in [2.05, 4.69) is 9.82 Å². The summed E-state index contributed by atoms with van der Waals surface area (Å²) in [4.78, 5) is 14.5. The molecule has 0 spiro atoms. The monoisotopic (exact) mass is 337 g/mol. The van der Waals surface area contributed by atoms with E-state index in [1.807, 2.05) is 25.1 Å². The summed E-state index contributed by atoms with van der Waals surface area (Å²) < 4.78 is 28.9. The molecule has 124 valence electrons. The number of carbonyl (C=O) groups is 1. The SMILES string of the molecule is CNS(=O)(=O)N1CCN(C(=O)c2c(C)nn3ccccc23)CC1. The van der Waals surface area contributed by atoms with Crippen molar-refractivity contribution in [3.8, 4) is 0 Å². The fourth-order valence-corrected chi connectivity index (χ4v) is 3.70. The maximum Gasteiger partial charge on any atom is 0.279 e. The largest absolute Gasteiger partial charge is 0.336 e. The van der Waals surface area contributed by atoms with Crippen molar-refractivity contribution in [1.82, 2.24) is 23.5 Å². The molecule has 9 heteroatoms. The highest BCUT2D eigenvalue weighted by Gasteiger charge is 2.30. The van der Waals surface area contributed by atoms with Crippen molar-refractivity contribution < 1.29 is 13.2 Å². The van der Waals surface area contributed by atoms with Gasteiger partial charge in [0.15, 0.2) is 0 Å². The third kappa shape index (κ3) is 2.82. The average Bonchev–Trinajstić information content (AvgIpc) is 2.90. The normalized spacial score (nSPS) is 16.9.